The molecule has 28 heavy (non-hydrogen) atoms. The minimum Gasteiger partial charge on any atom is -0.495 e. The number of aromatic nitrogens is 2. The van der Waals surface area contributed by atoms with Crippen molar-refractivity contribution in [2.24, 2.45) is 5.92 Å². The van der Waals surface area contributed by atoms with Crippen LogP contribution in [0.15, 0.2) is 35.6 Å². The van der Waals surface area contributed by atoms with E-state index in [0.717, 1.165) is 34.0 Å². The van der Waals surface area contributed by atoms with E-state index in [0.29, 0.717) is 11.4 Å². The fourth-order valence-electron chi connectivity index (χ4n) is 3.54. The Hall–Kier alpha value is -2.12. The summed E-state index contributed by atoms with van der Waals surface area (Å²) in [6.07, 6.45) is 4.99. The molecule has 1 N–H and O–H groups in total. The number of hydrogen-bond acceptors (Lipinski definition) is 6. The monoisotopic (exact) mass is 413 g/mol. The van der Waals surface area contributed by atoms with Gasteiger partial charge < -0.3 is 10.1 Å². The highest BCUT2D eigenvalue weighted by Gasteiger charge is 2.25. The number of thioether (sulfide) groups is 1. The molecule has 146 valence electrons. The van der Waals surface area contributed by atoms with Gasteiger partial charge in [0, 0.05) is 10.3 Å². The van der Waals surface area contributed by atoms with Gasteiger partial charge in [0.25, 0.3) is 0 Å². The summed E-state index contributed by atoms with van der Waals surface area (Å²) in [6.45, 7) is 4.21. The van der Waals surface area contributed by atoms with Crippen LogP contribution in [0.2, 0.25) is 0 Å². The van der Waals surface area contributed by atoms with E-state index < -0.39 is 0 Å². The number of methoxy groups -OCH3 is 1. The number of nitrogens with one attached hydrogen (secondary N) is 1. The minimum atomic E-state index is -0.291. The van der Waals surface area contributed by atoms with Crippen molar-refractivity contribution in [2.75, 3.05) is 12.4 Å². The van der Waals surface area contributed by atoms with Crippen LogP contribution in [0.25, 0.3) is 10.2 Å². The van der Waals surface area contributed by atoms with Gasteiger partial charge in [0.05, 0.1) is 18.0 Å². The van der Waals surface area contributed by atoms with Crippen LogP contribution in [-0.2, 0) is 17.6 Å². The summed E-state index contributed by atoms with van der Waals surface area (Å²) in [4.78, 5) is 24.2. The van der Waals surface area contributed by atoms with Crippen molar-refractivity contribution >= 4 is 44.9 Å². The van der Waals surface area contributed by atoms with E-state index in [1.807, 2.05) is 31.2 Å². The lowest BCUT2D eigenvalue weighted by Gasteiger charge is -2.18. The van der Waals surface area contributed by atoms with Crippen LogP contribution < -0.4 is 10.1 Å². The van der Waals surface area contributed by atoms with E-state index in [4.69, 9.17) is 4.74 Å². The minimum absolute atomic E-state index is 0.0704. The Morgan fingerprint density at radius 1 is 1.36 bits per heavy atom. The van der Waals surface area contributed by atoms with Crippen LogP contribution in [0.3, 0.4) is 0 Å². The lowest BCUT2D eigenvalue weighted by molar-refractivity contribution is -0.115. The first-order valence-corrected chi connectivity index (χ1v) is 11.1. The van der Waals surface area contributed by atoms with Crippen molar-refractivity contribution in [3.63, 3.8) is 0 Å². The van der Waals surface area contributed by atoms with E-state index in [2.05, 4.69) is 22.2 Å². The topological polar surface area (TPSA) is 64.1 Å². The molecule has 0 aliphatic heterocycles. The fourth-order valence-corrected chi connectivity index (χ4v) is 5.90. The zero-order valence-electron chi connectivity index (χ0n) is 16.2. The maximum atomic E-state index is 12.8. The van der Waals surface area contributed by atoms with E-state index in [-0.39, 0.29) is 11.2 Å². The second-order valence-electron chi connectivity index (χ2n) is 7.16. The molecule has 1 aromatic carbocycles. The summed E-state index contributed by atoms with van der Waals surface area (Å²) < 4.78 is 5.32. The van der Waals surface area contributed by atoms with Crippen LogP contribution in [0.1, 0.15) is 30.7 Å². The van der Waals surface area contributed by atoms with Gasteiger partial charge in [-0.3, -0.25) is 4.79 Å². The molecule has 0 spiro atoms. The molecule has 0 saturated carbocycles. The Kier molecular flexibility index (Phi) is 5.55. The van der Waals surface area contributed by atoms with Crippen molar-refractivity contribution in [1.29, 1.82) is 0 Å². The number of thiophene rings is 1. The van der Waals surface area contributed by atoms with Gasteiger partial charge in [-0.1, -0.05) is 30.8 Å². The molecule has 2 aromatic heterocycles. The molecule has 1 aliphatic rings. The predicted molar refractivity (Wildman–Crippen MR) is 116 cm³/mol. The third-order valence-electron chi connectivity index (χ3n) is 5.08. The van der Waals surface area contributed by atoms with Crippen LogP contribution in [0, 0.1) is 5.92 Å². The van der Waals surface area contributed by atoms with Crippen molar-refractivity contribution < 1.29 is 9.53 Å². The van der Waals surface area contributed by atoms with E-state index in [9.17, 15) is 4.79 Å². The summed E-state index contributed by atoms with van der Waals surface area (Å²) in [5.74, 6) is 1.30. The van der Waals surface area contributed by atoms with Crippen LogP contribution in [0.5, 0.6) is 5.75 Å². The van der Waals surface area contributed by atoms with Gasteiger partial charge in [0.15, 0.2) is 0 Å². The quantitative estimate of drug-likeness (QED) is 0.474. The van der Waals surface area contributed by atoms with E-state index in [1.165, 1.54) is 28.6 Å². The molecule has 2 atom stereocenters. The molecular formula is C21H23N3O2S2. The highest BCUT2D eigenvalue weighted by atomic mass is 32.2. The third kappa shape index (κ3) is 3.73. The molecule has 0 bridgehead atoms. The Labute approximate surface area is 172 Å². The number of carbonyl (C=O) groups excluding carboxylic acids is 1. The first-order chi connectivity index (χ1) is 13.6. The smallest absolute Gasteiger partial charge is 0.237 e. The first kappa shape index (κ1) is 19.2. The van der Waals surface area contributed by atoms with Gasteiger partial charge in [-0.25, -0.2) is 9.97 Å². The Balaban J connectivity index is 1.57. The number of rotatable bonds is 5. The normalized spacial score (nSPS) is 17.2. The third-order valence-corrected chi connectivity index (χ3v) is 7.34. The SMILES string of the molecule is COc1ccccc1NC(=O)[C@@H](C)Sc1ncnc2sc3c(c12)CC[C@H](C)C3. The maximum Gasteiger partial charge on any atom is 0.237 e. The standard InChI is InChI=1S/C21H23N3O2S2/c1-12-8-9-14-17(10-12)28-21-18(14)20(22-11-23-21)27-13(2)19(25)24-15-6-4-5-7-16(15)26-3/h4-7,11-13H,8-10H2,1-3H3,(H,24,25)/t12-,13+/m0/s1. The van der Waals surface area contributed by atoms with Crippen molar-refractivity contribution in [1.82, 2.24) is 9.97 Å². The van der Waals surface area contributed by atoms with Gasteiger partial charge in [0.1, 0.15) is 21.9 Å². The van der Waals surface area contributed by atoms with Crippen LogP contribution in [-0.4, -0.2) is 28.2 Å². The molecule has 7 heteroatoms. The number of hydrogen-bond donors (Lipinski definition) is 1. The molecule has 0 unspecified atom stereocenters. The number of amides is 1. The highest BCUT2D eigenvalue weighted by Crippen LogP contribution is 2.41. The summed E-state index contributed by atoms with van der Waals surface area (Å²) in [5, 5.41) is 4.73. The molecule has 1 amide bonds. The summed E-state index contributed by atoms with van der Waals surface area (Å²) in [6, 6.07) is 7.43. The lowest BCUT2D eigenvalue weighted by atomic mass is 9.89. The highest BCUT2D eigenvalue weighted by molar-refractivity contribution is 8.00. The van der Waals surface area contributed by atoms with E-state index in [1.54, 1.807) is 24.8 Å². The summed E-state index contributed by atoms with van der Waals surface area (Å²) in [5.41, 5.74) is 2.07. The zero-order chi connectivity index (χ0) is 19.7. The number of benzene rings is 1. The fraction of sp³-hybridized carbons (Fsp3) is 0.381. The largest absolute Gasteiger partial charge is 0.495 e. The first-order valence-electron chi connectivity index (χ1n) is 9.42. The van der Waals surface area contributed by atoms with Gasteiger partial charge in [-0.05, 0) is 49.8 Å². The molecule has 0 saturated heterocycles. The van der Waals surface area contributed by atoms with Crippen molar-refractivity contribution in [2.45, 2.75) is 43.4 Å². The van der Waals surface area contributed by atoms with E-state index >= 15 is 0 Å². The molecule has 1 aliphatic carbocycles. The Morgan fingerprint density at radius 2 is 2.18 bits per heavy atom. The van der Waals surface area contributed by atoms with Crippen molar-refractivity contribution in [3.8, 4) is 5.75 Å². The van der Waals surface area contributed by atoms with Gasteiger partial charge >= 0.3 is 0 Å². The zero-order valence-corrected chi connectivity index (χ0v) is 17.8. The molecular weight excluding hydrogens is 390 g/mol. The second kappa shape index (κ2) is 8.09. The maximum absolute atomic E-state index is 12.8. The molecule has 2 heterocycles. The molecule has 5 nitrogen and oxygen atoms in total. The number of fused-ring (bicyclic) bond motifs is 3. The Morgan fingerprint density at radius 3 is 3.00 bits per heavy atom. The van der Waals surface area contributed by atoms with Gasteiger partial charge in [0.2, 0.25) is 5.91 Å². The number of anilines is 1. The summed E-state index contributed by atoms with van der Waals surface area (Å²) >= 11 is 3.27. The molecule has 3 aromatic rings. The number of para-hydroxylation sites is 2. The predicted octanol–water partition coefficient (Wildman–Crippen LogP) is 4.94. The number of ether oxygens (including phenoxy) is 1. The second-order valence-corrected chi connectivity index (χ2v) is 9.57. The molecule has 0 radical (unpaired) electrons. The van der Waals surface area contributed by atoms with Gasteiger partial charge in [-0.15, -0.1) is 11.3 Å². The van der Waals surface area contributed by atoms with Gasteiger partial charge in [-0.2, -0.15) is 0 Å². The molecule has 4 rings (SSSR count). The molecule has 0 fully saturated rings. The number of carbonyl (C=O) groups is 1. The average Bonchev–Trinajstić information content (AvgIpc) is 3.06. The summed E-state index contributed by atoms with van der Waals surface area (Å²) in [7, 11) is 1.60. The van der Waals surface area contributed by atoms with Crippen LogP contribution in [0.4, 0.5) is 5.69 Å². The number of nitrogens with zero attached hydrogens (tertiary/aromatic N) is 2. The lowest BCUT2D eigenvalue weighted by Crippen LogP contribution is -2.22. The Bertz CT molecular complexity index is 1020. The number of aryl methyl sites for hydroxylation is 1. The average molecular weight is 414 g/mol. The van der Waals surface area contributed by atoms with Crippen LogP contribution >= 0.6 is 23.1 Å². The van der Waals surface area contributed by atoms with Crippen molar-refractivity contribution in [3.05, 3.63) is 41.0 Å².